The molecular weight excluding hydrogens is 212 g/mol. The van der Waals surface area contributed by atoms with Crippen LogP contribution in [-0.4, -0.2) is 23.4 Å². The summed E-state index contributed by atoms with van der Waals surface area (Å²) in [6.45, 7) is 3.57. The van der Waals surface area contributed by atoms with E-state index in [0.717, 1.165) is 19.4 Å². The molecule has 0 bridgehead atoms. The molecule has 1 aliphatic rings. The third-order valence-electron chi connectivity index (χ3n) is 3.35. The van der Waals surface area contributed by atoms with E-state index < -0.39 is 0 Å². The molecule has 1 atom stereocenters. The van der Waals surface area contributed by atoms with Gasteiger partial charge in [0.25, 0.3) is 0 Å². The van der Waals surface area contributed by atoms with Gasteiger partial charge in [-0.3, -0.25) is 4.79 Å². The molecule has 0 spiro atoms. The van der Waals surface area contributed by atoms with E-state index >= 15 is 0 Å². The fraction of sp³-hybridized carbons (Fsp3) is 0.500. The van der Waals surface area contributed by atoms with E-state index in [1.807, 2.05) is 4.90 Å². The minimum atomic E-state index is 0.182. The molecule has 0 radical (unpaired) electrons. The summed E-state index contributed by atoms with van der Waals surface area (Å²) in [6, 6.07) is 8.54. The first-order valence-corrected chi connectivity index (χ1v) is 6.24. The van der Waals surface area contributed by atoms with Gasteiger partial charge >= 0.3 is 0 Å². The van der Waals surface area contributed by atoms with Gasteiger partial charge in [0.15, 0.2) is 0 Å². The number of amides is 1. The van der Waals surface area contributed by atoms with Crippen LogP contribution in [0.15, 0.2) is 24.3 Å². The van der Waals surface area contributed by atoms with E-state index in [0.29, 0.717) is 13.0 Å². The second-order valence-corrected chi connectivity index (χ2v) is 4.89. The zero-order valence-corrected chi connectivity index (χ0v) is 10.4. The molecule has 1 saturated heterocycles. The summed E-state index contributed by atoms with van der Waals surface area (Å²) in [5.74, 6) is 0.235. The third-order valence-corrected chi connectivity index (χ3v) is 3.35. The van der Waals surface area contributed by atoms with Gasteiger partial charge in [0, 0.05) is 25.6 Å². The molecule has 1 aromatic carbocycles. The monoisotopic (exact) mass is 232 g/mol. The van der Waals surface area contributed by atoms with Crippen molar-refractivity contribution in [3.8, 4) is 0 Å². The Hall–Kier alpha value is -1.35. The molecule has 3 nitrogen and oxygen atoms in total. The number of rotatable bonds is 2. The van der Waals surface area contributed by atoms with E-state index in [1.165, 1.54) is 11.1 Å². The van der Waals surface area contributed by atoms with Gasteiger partial charge in [-0.05, 0) is 25.3 Å². The van der Waals surface area contributed by atoms with Crippen LogP contribution in [0.3, 0.4) is 0 Å². The van der Waals surface area contributed by atoms with Crippen molar-refractivity contribution in [1.82, 2.24) is 4.90 Å². The highest BCUT2D eigenvalue weighted by Crippen LogP contribution is 2.14. The van der Waals surface area contributed by atoms with E-state index in [9.17, 15) is 4.79 Å². The first kappa shape index (κ1) is 12.1. The van der Waals surface area contributed by atoms with Gasteiger partial charge in [-0.2, -0.15) is 0 Å². The van der Waals surface area contributed by atoms with Gasteiger partial charge in [-0.15, -0.1) is 0 Å². The molecule has 92 valence electrons. The molecule has 2 rings (SSSR count). The molecule has 0 aromatic heterocycles. The van der Waals surface area contributed by atoms with Gasteiger partial charge in [-0.1, -0.05) is 29.8 Å². The molecule has 1 unspecified atom stereocenters. The first-order valence-electron chi connectivity index (χ1n) is 6.24. The van der Waals surface area contributed by atoms with E-state index in [1.54, 1.807) is 0 Å². The highest BCUT2D eigenvalue weighted by atomic mass is 16.2. The summed E-state index contributed by atoms with van der Waals surface area (Å²) in [4.78, 5) is 13.8. The fourth-order valence-corrected chi connectivity index (χ4v) is 2.14. The van der Waals surface area contributed by atoms with Crippen molar-refractivity contribution in [2.75, 3.05) is 6.54 Å². The zero-order chi connectivity index (χ0) is 12.3. The van der Waals surface area contributed by atoms with Gasteiger partial charge < -0.3 is 10.6 Å². The van der Waals surface area contributed by atoms with Crippen LogP contribution in [0.5, 0.6) is 0 Å². The van der Waals surface area contributed by atoms with Gasteiger partial charge in [0.05, 0.1) is 0 Å². The average molecular weight is 232 g/mol. The second kappa shape index (κ2) is 5.32. The number of nitrogens with zero attached hydrogens (tertiary/aromatic N) is 1. The molecular formula is C14H20N2O. The number of hydrogen-bond acceptors (Lipinski definition) is 2. The van der Waals surface area contributed by atoms with Crippen molar-refractivity contribution in [3.63, 3.8) is 0 Å². The standard InChI is InChI=1S/C14H20N2O/c1-11-2-4-12(5-3-11)10-16-9-8-13(15)6-7-14(16)17/h2-5,13H,6-10,15H2,1H3. The lowest BCUT2D eigenvalue weighted by molar-refractivity contribution is -0.131. The Balaban J connectivity index is 2.01. The van der Waals surface area contributed by atoms with Crippen molar-refractivity contribution in [2.24, 2.45) is 5.73 Å². The summed E-state index contributed by atoms with van der Waals surface area (Å²) >= 11 is 0. The number of aryl methyl sites for hydroxylation is 1. The summed E-state index contributed by atoms with van der Waals surface area (Å²) < 4.78 is 0. The van der Waals surface area contributed by atoms with E-state index in [2.05, 4.69) is 31.2 Å². The SMILES string of the molecule is Cc1ccc(CN2CCC(N)CCC2=O)cc1. The van der Waals surface area contributed by atoms with Crippen molar-refractivity contribution < 1.29 is 4.79 Å². The van der Waals surface area contributed by atoms with E-state index in [4.69, 9.17) is 5.73 Å². The number of benzene rings is 1. The van der Waals surface area contributed by atoms with Crippen LogP contribution in [-0.2, 0) is 11.3 Å². The minimum absolute atomic E-state index is 0.182. The average Bonchev–Trinajstić information content (AvgIpc) is 2.47. The third kappa shape index (κ3) is 3.30. The lowest BCUT2D eigenvalue weighted by Gasteiger charge is -2.20. The van der Waals surface area contributed by atoms with Crippen molar-refractivity contribution >= 4 is 5.91 Å². The highest BCUT2D eigenvalue weighted by molar-refractivity contribution is 5.76. The molecule has 17 heavy (non-hydrogen) atoms. The maximum atomic E-state index is 11.9. The number of carbonyl (C=O) groups is 1. The van der Waals surface area contributed by atoms with Gasteiger partial charge in [0.1, 0.15) is 0 Å². The number of carbonyl (C=O) groups excluding carboxylic acids is 1. The van der Waals surface area contributed by atoms with Crippen LogP contribution < -0.4 is 5.73 Å². The van der Waals surface area contributed by atoms with Crippen LogP contribution in [0.25, 0.3) is 0 Å². The molecule has 1 heterocycles. The Morgan fingerprint density at radius 2 is 2.00 bits per heavy atom. The maximum absolute atomic E-state index is 11.9. The molecule has 2 N–H and O–H groups in total. The summed E-state index contributed by atoms with van der Waals surface area (Å²) in [5, 5.41) is 0. The normalized spacial score (nSPS) is 21.4. The highest BCUT2D eigenvalue weighted by Gasteiger charge is 2.20. The predicted molar refractivity (Wildman–Crippen MR) is 68.4 cm³/mol. The van der Waals surface area contributed by atoms with Crippen LogP contribution in [0.2, 0.25) is 0 Å². The summed E-state index contributed by atoms with van der Waals surface area (Å²) in [7, 11) is 0. The quantitative estimate of drug-likeness (QED) is 0.845. The predicted octanol–water partition coefficient (Wildman–Crippen LogP) is 1.83. The number of likely N-dealkylation sites (tertiary alicyclic amines) is 1. The van der Waals surface area contributed by atoms with Gasteiger partial charge in [-0.25, -0.2) is 0 Å². The molecule has 1 fully saturated rings. The Kier molecular flexibility index (Phi) is 3.79. The van der Waals surface area contributed by atoms with Crippen molar-refractivity contribution in [2.45, 2.75) is 38.8 Å². The Labute approximate surface area is 103 Å². The lowest BCUT2D eigenvalue weighted by Crippen LogP contribution is -2.30. The second-order valence-electron chi connectivity index (χ2n) is 4.89. The molecule has 1 aliphatic heterocycles. The van der Waals surface area contributed by atoms with Crippen LogP contribution in [0.1, 0.15) is 30.4 Å². The molecule has 3 heteroatoms. The molecule has 1 amide bonds. The maximum Gasteiger partial charge on any atom is 0.222 e. The lowest BCUT2D eigenvalue weighted by atomic mass is 10.1. The summed E-state index contributed by atoms with van der Waals surface area (Å²) in [5.41, 5.74) is 8.34. The Morgan fingerprint density at radius 1 is 1.29 bits per heavy atom. The minimum Gasteiger partial charge on any atom is -0.338 e. The van der Waals surface area contributed by atoms with E-state index in [-0.39, 0.29) is 11.9 Å². The molecule has 0 aliphatic carbocycles. The van der Waals surface area contributed by atoms with Crippen LogP contribution in [0, 0.1) is 6.92 Å². The number of hydrogen-bond donors (Lipinski definition) is 1. The largest absolute Gasteiger partial charge is 0.338 e. The smallest absolute Gasteiger partial charge is 0.222 e. The Morgan fingerprint density at radius 3 is 2.71 bits per heavy atom. The first-order chi connectivity index (χ1) is 8.15. The topological polar surface area (TPSA) is 46.3 Å². The zero-order valence-electron chi connectivity index (χ0n) is 10.4. The van der Waals surface area contributed by atoms with Gasteiger partial charge in [0.2, 0.25) is 5.91 Å². The molecule has 1 aromatic rings. The van der Waals surface area contributed by atoms with Crippen molar-refractivity contribution in [3.05, 3.63) is 35.4 Å². The summed E-state index contributed by atoms with van der Waals surface area (Å²) in [6.07, 6.45) is 2.33. The van der Waals surface area contributed by atoms with Crippen molar-refractivity contribution in [1.29, 1.82) is 0 Å². The molecule has 0 saturated carbocycles. The van der Waals surface area contributed by atoms with Crippen LogP contribution in [0.4, 0.5) is 0 Å². The number of nitrogens with two attached hydrogens (primary N) is 1. The fourth-order valence-electron chi connectivity index (χ4n) is 2.14. The Bertz CT molecular complexity index is 386. The van der Waals surface area contributed by atoms with Crippen LogP contribution >= 0.6 is 0 Å².